The summed E-state index contributed by atoms with van der Waals surface area (Å²) in [6.45, 7) is 0. The van der Waals surface area contributed by atoms with E-state index >= 15 is 0 Å². The Morgan fingerprint density at radius 1 is 1.44 bits per heavy atom. The van der Waals surface area contributed by atoms with Crippen LogP contribution in [-0.4, -0.2) is 21.7 Å². The molecule has 0 saturated carbocycles. The van der Waals surface area contributed by atoms with Gasteiger partial charge in [-0.25, -0.2) is 4.39 Å². The normalized spacial score (nSPS) is 18.9. The minimum Gasteiger partial charge on any atom is -0.293 e. The van der Waals surface area contributed by atoms with Crippen LogP contribution < -0.4 is 0 Å². The summed E-state index contributed by atoms with van der Waals surface area (Å²) in [4.78, 5) is 21.5. The molecule has 2 rings (SSSR count). The van der Waals surface area contributed by atoms with E-state index in [-0.39, 0.29) is 0 Å². The molecule has 1 saturated heterocycles. The van der Waals surface area contributed by atoms with Crippen LogP contribution in [0.3, 0.4) is 0 Å². The lowest BCUT2D eigenvalue weighted by molar-refractivity contribution is -0.387. The molecule has 1 atom stereocenters. The van der Waals surface area contributed by atoms with Crippen LogP contribution in [-0.2, 0) is 0 Å². The predicted molar refractivity (Wildman–Crippen MR) is 62.8 cm³/mol. The van der Waals surface area contributed by atoms with E-state index in [1.54, 1.807) is 0 Å². The number of nitrogens with zero attached hydrogens (tertiary/aromatic N) is 1. The molecule has 0 radical (unpaired) electrons. The van der Waals surface area contributed by atoms with E-state index in [9.17, 15) is 23.7 Å². The minimum atomic E-state index is -1.25. The highest BCUT2D eigenvalue weighted by Crippen LogP contribution is 2.31. The van der Waals surface area contributed by atoms with Gasteiger partial charge in [0.05, 0.1) is 21.8 Å². The van der Waals surface area contributed by atoms with Crippen molar-refractivity contribution in [1.82, 2.24) is 0 Å². The Balaban J connectivity index is 2.43. The maximum Gasteiger partial charge on any atom is 0.308 e. The summed E-state index contributed by atoms with van der Waals surface area (Å²) < 4.78 is 27.0. The third-order valence-electron chi connectivity index (χ3n) is 2.70. The molecule has 0 N–H and O–H groups in total. The van der Waals surface area contributed by atoms with Gasteiger partial charge in [0, 0.05) is 0 Å². The molecule has 1 fully saturated rings. The maximum atomic E-state index is 13.8. The lowest BCUT2D eigenvalue weighted by Gasteiger charge is -2.08. The maximum absolute atomic E-state index is 13.8. The average molecular weight is 273 g/mol. The summed E-state index contributed by atoms with van der Waals surface area (Å²) >= 11 is 1.37. The zero-order valence-electron chi connectivity index (χ0n) is 9.19. The molecule has 0 aliphatic carbocycles. The lowest BCUT2D eigenvalue weighted by atomic mass is 10.0. The van der Waals surface area contributed by atoms with Gasteiger partial charge in [-0.2, -0.15) is 16.2 Å². The first kappa shape index (κ1) is 12.9. The summed E-state index contributed by atoms with van der Waals surface area (Å²) in [5, 5.41) is 10.1. The number of rotatable bonds is 3. The molecule has 1 aromatic carbocycles. The molecule has 0 bridgehead atoms. The van der Waals surface area contributed by atoms with Crippen molar-refractivity contribution in [3.63, 3.8) is 0 Å². The van der Waals surface area contributed by atoms with Crippen molar-refractivity contribution < 1.29 is 18.5 Å². The molecular formula is C11H9F2NO3S. The SMILES string of the molecule is O=C(c1cc(F)cc([N+](=O)[O-])c1F)C1CCCS1. The monoisotopic (exact) mass is 273 g/mol. The van der Waals surface area contributed by atoms with E-state index in [0.29, 0.717) is 12.5 Å². The van der Waals surface area contributed by atoms with Gasteiger partial charge < -0.3 is 0 Å². The Morgan fingerprint density at radius 2 is 2.17 bits per heavy atom. The largest absolute Gasteiger partial charge is 0.308 e. The number of nitro groups is 1. The summed E-state index contributed by atoms with van der Waals surface area (Å²) in [5.74, 6) is -2.01. The summed E-state index contributed by atoms with van der Waals surface area (Å²) in [6, 6.07) is 1.21. The Morgan fingerprint density at radius 3 is 2.72 bits per heavy atom. The van der Waals surface area contributed by atoms with Crippen LogP contribution in [0.15, 0.2) is 12.1 Å². The third kappa shape index (κ3) is 2.35. The van der Waals surface area contributed by atoms with Crippen molar-refractivity contribution >= 4 is 23.2 Å². The smallest absolute Gasteiger partial charge is 0.293 e. The molecular weight excluding hydrogens is 264 g/mol. The second-order valence-electron chi connectivity index (χ2n) is 3.91. The summed E-state index contributed by atoms with van der Waals surface area (Å²) in [7, 11) is 0. The fourth-order valence-corrected chi connectivity index (χ4v) is 3.07. The molecule has 0 spiro atoms. The highest BCUT2D eigenvalue weighted by Gasteiger charge is 2.30. The second-order valence-corrected chi connectivity index (χ2v) is 5.22. The summed E-state index contributed by atoms with van der Waals surface area (Å²) in [5.41, 5.74) is -1.53. The average Bonchev–Trinajstić information content (AvgIpc) is 2.84. The number of ketones is 1. The number of halogens is 2. The number of thioether (sulfide) groups is 1. The number of nitro benzene ring substituents is 1. The zero-order chi connectivity index (χ0) is 13.3. The zero-order valence-corrected chi connectivity index (χ0v) is 10.0. The van der Waals surface area contributed by atoms with Crippen molar-refractivity contribution in [2.75, 3.05) is 5.75 Å². The first-order valence-electron chi connectivity index (χ1n) is 5.30. The van der Waals surface area contributed by atoms with Crippen molar-refractivity contribution in [1.29, 1.82) is 0 Å². The molecule has 0 aromatic heterocycles. The molecule has 1 aromatic rings. The minimum absolute atomic E-state index is 0.430. The highest BCUT2D eigenvalue weighted by atomic mass is 32.2. The molecule has 1 unspecified atom stereocenters. The van der Waals surface area contributed by atoms with Crippen LogP contribution in [0.25, 0.3) is 0 Å². The summed E-state index contributed by atoms with van der Waals surface area (Å²) in [6.07, 6.45) is 1.42. The van der Waals surface area contributed by atoms with Crippen LogP contribution in [0.1, 0.15) is 23.2 Å². The first-order valence-corrected chi connectivity index (χ1v) is 6.35. The van der Waals surface area contributed by atoms with E-state index in [0.717, 1.165) is 18.2 Å². The van der Waals surface area contributed by atoms with Crippen LogP contribution in [0.2, 0.25) is 0 Å². The lowest BCUT2D eigenvalue weighted by Crippen LogP contribution is -2.16. The number of carbonyl (C=O) groups excluding carboxylic acids is 1. The van der Waals surface area contributed by atoms with Crippen molar-refractivity contribution in [2.24, 2.45) is 0 Å². The van der Waals surface area contributed by atoms with E-state index in [1.807, 2.05) is 0 Å². The second kappa shape index (κ2) is 5.01. The molecule has 18 heavy (non-hydrogen) atoms. The van der Waals surface area contributed by atoms with Gasteiger partial charge in [0.15, 0.2) is 5.78 Å². The molecule has 4 nitrogen and oxygen atoms in total. The molecule has 1 aliphatic heterocycles. The molecule has 96 valence electrons. The molecule has 0 amide bonds. The highest BCUT2D eigenvalue weighted by molar-refractivity contribution is 8.00. The number of Topliss-reactive ketones (excluding diaryl/α,β-unsaturated/α-hetero) is 1. The predicted octanol–water partition coefficient (Wildman–Crippen LogP) is 2.95. The van der Waals surface area contributed by atoms with Gasteiger partial charge in [-0.15, -0.1) is 0 Å². The standard InChI is InChI=1S/C11H9F2NO3S/c12-6-4-7(10(13)8(5-6)14(16)17)11(15)9-2-1-3-18-9/h4-5,9H,1-3H2. The van der Waals surface area contributed by atoms with E-state index in [4.69, 9.17) is 0 Å². The number of carbonyl (C=O) groups is 1. The Kier molecular flexibility index (Phi) is 3.60. The van der Waals surface area contributed by atoms with Gasteiger partial charge in [0.25, 0.3) is 0 Å². The van der Waals surface area contributed by atoms with E-state index < -0.39 is 38.8 Å². The molecule has 1 aliphatic rings. The van der Waals surface area contributed by atoms with E-state index in [1.165, 1.54) is 11.8 Å². The van der Waals surface area contributed by atoms with Gasteiger partial charge in [-0.1, -0.05) is 0 Å². The molecule has 1 heterocycles. The fourth-order valence-electron chi connectivity index (χ4n) is 1.84. The van der Waals surface area contributed by atoms with Crippen LogP contribution in [0.4, 0.5) is 14.5 Å². The van der Waals surface area contributed by atoms with Gasteiger partial charge in [0.1, 0.15) is 5.82 Å². The van der Waals surface area contributed by atoms with Crippen LogP contribution in [0, 0.1) is 21.7 Å². The molecule has 7 heteroatoms. The number of benzene rings is 1. The van der Waals surface area contributed by atoms with Gasteiger partial charge >= 0.3 is 5.69 Å². The Bertz CT molecular complexity index is 515. The number of hydrogen-bond acceptors (Lipinski definition) is 4. The van der Waals surface area contributed by atoms with Gasteiger partial charge in [-0.3, -0.25) is 14.9 Å². The Hall–Kier alpha value is -1.50. The van der Waals surface area contributed by atoms with Crippen molar-refractivity contribution in [3.05, 3.63) is 39.4 Å². The van der Waals surface area contributed by atoms with Gasteiger partial charge in [-0.05, 0) is 24.7 Å². The number of hydrogen-bond donors (Lipinski definition) is 0. The quantitative estimate of drug-likeness (QED) is 0.482. The van der Waals surface area contributed by atoms with Crippen LogP contribution in [0.5, 0.6) is 0 Å². The third-order valence-corrected chi connectivity index (χ3v) is 4.08. The van der Waals surface area contributed by atoms with E-state index in [2.05, 4.69) is 0 Å². The van der Waals surface area contributed by atoms with Crippen molar-refractivity contribution in [2.45, 2.75) is 18.1 Å². The fraction of sp³-hybridized carbons (Fsp3) is 0.364. The topological polar surface area (TPSA) is 60.2 Å². The van der Waals surface area contributed by atoms with Crippen LogP contribution >= 0.6 is 11.8 Å². The van der Waals surface area contributed by atoms with Crippen molar-refractivity contribution in [3.8, 4) is 0 Å². The Labute approximate surface area is 106 Å². The van der Waals surface area contributed by atoms with Gasteiger partial charge in [0.2, 0.25) is 5.82 Å². The first-order chi connectivity index (χ1) is 8.50.